The van der Waals surface area contributed by atoms with Crippen molar-refractivity contribution in [3.05, 3.63) is 59.7 Å². The number of amides is 2. The van der Waals surface area contributed by atoms with Gasteiger partial charge in [0.05, 0.1) is 6.61 Å². The lowest BCUT2D eigenvalue weighted by atomic mass is 9.87. The van der Waals surface area contributed by atoms with Crippen molar-refractivity contribution in [2.75, 3.05) is 20.3 Å². The fraction of sp³-hybridized carbons (Fsp3) is 0.444. The van der Waals surface area contributed by atoms with Gasteiger partial charge in [-0.15, -0.1) is 0 Å². The van der Waals surface area contributed by atoms with Crippen LogP contribution in [0, 0.1) is 5.41 Å². The molecule has 1 unspecified atom stereocenters. The molecule has 1 aliphatic rings. The number of aliphatic carboxylic acids is 1. The Morgan fingerprint density at radius 1 is 0.971 bits per heavy atom. The van der Waals surface area contributed by atoms with Gasteiger partial charge in [-0.3, -0.25) is 4.79 Å². The molecule has 35 heavy (non-hydrogen) atoms. The van der Waals surface area contributed by atoms with Crippen molar-refractivity contribution in [3.63, 3.8) is 0 Å². The first-order chi connectivity index (χ1) is 16.6. The van der Waals surface area contributed by atoms with Crippen LogP contribution in [0.2, 0.25) is 0 Å². The van der Waals surface area contributed by atoms with Crippen molar-refractivity contribution in [3.8, 4) is 11.1 Å². The molecular weight excluding hydrogens is 448 g/mol. The fourth-order valence-corrected chi connectivity index (χ4v) is 4.54. The quantitative estimate of drug-likeness (QED) is 0.473. The fourth-order valence-electron chi connectivity index (χ4n) is 4.54. The Balaban J connectivity index is 1.64. The number of rotatable bonds is 10. The van der Waals surface area contributed by atoms with Crippen molar-refractivity contribution in [2.45, 2.75) is 51.6 Å². The number of hydrogen-bond donors (Lipinski definition) is 3. The number of carbonyl (C=O) groups is 3. The van der Waals surface area contributed by atoms with Crippen LogP contribution < -0.4 is 10.6 Å². The molecule has 0 bridgehead atoms. The Bertz CT molecular complexity index is 1020. The van der Waals surface area contributed by atoms with E-state index in [4.69, 9.17) is 9.47 Å². The molecule has 0 saturated heterocycles. The van der Waals surface area contributed by atoms with Crippen LogP contribution in [-0.4, -0.2) is 55.5 Å². The highest BCUT2D eigenvalue weighted by Crippen LogP contribution is 2.44. The van der Waals surface area contributed by atoms with E-state index >= 15 is 0 Å². The summed E-state index contributed by atoms with van der Waals surface area (Å²) in [6, 6.07) is 14.5. The number of nitrogens with one attached hydrogen (secondary N) is 2. The zero-order chi connectivity index (χ0) is 25.6. The van der Waals surface area contributed by atoms with Crippen molar-refractivity contribution >= 4 is 18.0 Å². The molecule has 8 nitrogen and oxygen atoms in total. The first-order valence-electron chi connectivity index (χ1n) is 11.7. The van der Waals surface area contributed by atoms with Crippen LogP contribution in [0.4, 0.5) is 4.79 Å². The van der Waals surface area contributed by atoms with Crippen LogP contribution in [0.5, 0.6) is 0 Å². The number of carboxylic acid groups (broad SMARTS) is 1. The molecule has 2 aromatic rings. The largest absolute Gasteiger partial charge is 0.480 e. The van der Waals surface area contributed by atoms with Gasteiger partial charge >= 0.3 is 12.1 Å². The standard InChI is InChI=1S/C27H34N2O6/c1-27(2,3)14-17(13-24(30)29-23(16-34-4)25(31)32)28-26(33)35-15-22-20-11-7-5-9-18(20)19-10-6-8-12-21(19)22/h5-12,17,22-23H,13-16H2,1-4H3,(H,28,33)(H,29,30)(H,31,32)/t17?,23-/m0/s1. The van der Waals surface area contributed by atoms with E-state index in [9.17, 15) is 19.5 Å². The van der Waals surface area contributed by atoms with Gasteiger partial charge < -0.3 is 25.2 Å². The number of fused-ring (bicyclic) bond motifs is 3. The maximum absolute atomic E-state index is 12.8. The lowest BCUT2D eigenvalue weighted by Crippen LogP contribution is -2.47. The average Bonchev–Trinajstić information content (AvgIpc) is 3.10. The molecule has 3 rings (SSSR count). The molecule has 2 aromatic carbocycles. The molecule has 0 fully saturated rings. The second kappa shape index (κ2) is 11.4. The van der Waals surface area contributed by atoms with Crippen LogP contribution in [0.1, 0.15) is 50.7 Å². The van der Waals surface area contributed by atoms with E-state index in [0.29, 0.717) is 6.42 Å². The topological polar surface area (TPSA) is 114 Å². The van der Waals surface area contributed by atoms with E-state index in [1.807, 2.05) is 57.2 Å². The van der Waals surface area contributed by atoms with Crippen LogP contribution >= 0.6 is 0 Å². The molecule has 2 atom stereocenters. The minimum Gasteiger partial charge on any atom is -0.480 e. The van der Waals surface area contributed by atoms with Crippen molar-refractivity contribution in [2.24, 2.45) is 5.41 Å². The summed E-state index contributed by atoms with van der Waals surface area (Å²) in [5.41, 5.74) is 4.34. The Morgan fingerprint density at radius 3 is 2.06 bits per heavy atom. The highest BCUT2D eigenvalue weighted by molar-refractivity contribution is 5.84. The molecule has 3 N–H and O–H groups in total. The zero-order valence-corrected chi connectivity index (χ0v) is 20.7. The maximum Gasteiger partial charge on any atom is 0.407 e. The van der Waals surface area contributed by atoms with Gasteiger partial charge in [-0.2, -0.15) is 0 Å². The Hall–Kier alpha value is -3.39. The Labute approximate surface area is 206 Å². The number of hydrogen-bond acceptors (Lipinski definition) is 5. The van der Waals surface area contributed by atoms with E-state index in [-0.39, 0.29) is 31.0 Å². The molecule has 0 heterocycles. The van der Waals surface area contributed by atoms with Crippen LogP contribution in [-0.2, 0) is 19.1 Å². The third-order valence-electron chi connectivity index (χ3n) is 5.92. The summed E-state index contributed by atoms with van der Waals surface area (Å²) in [4.78, 5) is 36.6. The third kappa shape index (κ3) is 7.05. The molecule has 0 radical (unpaired) electrons. The maximum atomic E-state index is 12.8. The van der Waals surface area contributed by atoms with Gasteiger partial charge in [0, 0.05) is 25.5 Å². The first-order valence-corrected chi connectivity index (χ1v) is 11.7. The van der Waals surface area contributed by atoms with E-state index in [1.54, 1.807) is 0 Å². The molecule has 188 valence electrons. The van der Waals surface area contributed by atoms with Gasteiger partial charge in [-0.1, -0.05) is 69.3 Å². The van der Waals surface area contributed by atoms with Crippen molar-refractivity contribution in [1.82, 2.24) is 10.6 Å². The predicted octanol–water partition coefficient (Wildman–Crippen LogP) is 3.94. The highest BCUT2D eigenvalue weighted by Gasteiger charge is 2.30. The van der Waals surface area contributed by atoms with E-state index in [1.165, 1.54) is 7.11 Å². The zero-order valence-electron chi connectivity index (χ0n) is 20.7. The van der Waals surface area contributed by atoms with Crippen molar-refractivity contribution in [1.29, 1.82) is 0 Å². The summed E-state index contributed by atoms with van der Waals surface area (Å²) in [7, 11) is 1.36. The summed E-state index contributed by atoms with van der Waals surface area (Å²) in [6.07, 6.45) is -0.178. The van der Waals surface area contributed by atoms with Gasteiger partial charge in [-0.05, 0) is 34.1 Å². The van der Waals surface area contributed by atoms with Gasteiger partial charge in [0.1, 0.15) is 6.61 Å². The monoisotopic (exact) mass is 482 g/mol. The normalized spacial score (nSPS) is 14.4. The minimum absolute atomic E-state index is 0.0668. The molecule has 8 heteroatoms. The van der Waals surface area contributed by atoms with Gasteiger partial charge in [0.25, 0.3) is 0 Å². The second-order valence-electron chi connectivity index (χ2n) is 10.0. The lowest BCUT2D eigenvalue weighted by molar-refractivity contribution is -0.143. The number of alkyl carbamates (subject to hydrolysis) is 1. The Kier molecular flexibility index (Phi) is 8.51. The number of carbonyl (C=O) groups excluding carboxylic acids is 2. The van der Waals surface area contributed by atoms with Crippen LogP contribution in [0.25, 0.3) is 11.1 Å². The summed E-state index contributed by atoms with van der Waals surface area (Å²) >= 11 is 0. The van der Waals surface area contributed by atoms with Crippen LogP contribution in [0.3, 0.4) is 0 Å². The van der Waals surface area contributed by atoms with E-state index in [0.717, 1.165) is 22.3 Å². The van der Waals surface area contributed by atoms with Crippen LogP contribution in [0.15, 0.2) is 48.5 Å². The molecule has 0 aromatic heterocycles. The minimum atomic E-state index is -1.18. The smallest absolute Gasteiger partial charge is 0.407 e. The average molecular weight is 483 g/mol. The molecule has 2 amide bonds. The molecule has 0 saturated carbocycles. The number of carboxylic acids is 1. The van der Waals surface area contributed by atoms with Gasteiger partial charge in [0.2, 0.25) is 5.91 Å². The summed E-state index contributed by atoms with van der Waals surface area (Å²) in [6.45, 7) is 6.03. The third-order valence-corrected chi connectivity index (χ3v) is 5.92. The summed E-state index contributed by atoms with van der Waals surface area (Å²) in [5, 5.41) is 14.5. The molecular formula is C27H34N2O6. The van der Waals surface area contributed by atoms with E-state index in [2.05, 4.69) is 22.8 Å². The molecule has 1 aliphatic carbocycles. The van der Waals surface area contributed by atoms with E-state index < -0.39 is 30.1 Å². The summed E-state index contributed by atoms with van der Waals surface area (Å²) < 4.78 is 10.5. The number of benzene rings is 2. The summed E-state index contributed by atoms with van der Waals surface area (Å²) in [5.74, 6) is -1.73. The number of ether oxygens (including phenoxy) is 2. The molecule has 0 spiro atoms. The SMILES string of the molecule is COC[C@H](NC(=O)CC(CC(C)(C)C)NC(=O)OCC1c2ccccc2-c2ccccc21)C(=O)O. The first kappa shape index (κ1) is 26.2. The predicted molar refractivity (Wildman–Crippen MR) is 132 cm³/mol. The number of methoxy groups -OCH3 is 1. The van der Waals surface area contributed by atoms with Gasteiger partial charge in [-0.25, -0.2) is 9.59 Å². The van der Waals surface area contributed by atoms with Crippen molar-refractivity contribution < 1.29 is 29.0 Å². The lowest BCUT2D eigenvalue weighted by Gasteiger charge is -2.27. The Morgan fingerprint density at radius 2 is 1.54 bits per heavy atom. The second-order valence-corrected chi connectivity index (χ2v) is 10.0. The molecule has 0 aliphatic heterocycles. The highest BCUT2D eigenvalue weighted by atomic mass is 16.5. The van der Waals surface area contributed by atoms with Gasteiger partial charge in [0.15, 0.2) is 6.04 Å².